The number of rotatable bonds is 4. The van der Waals surface area contributed by atoms with Gasteiger partial charge in [0.25, 0.3) is 0 Å². The number of hydrogen-bond acceptors (Lipinski definition) is 1. The van der Waals surface area contributed by atoms with Gasteiger partial charge in [-0.3, -0.25) is 0 Å². The molecule has 0 unspecified atom stereocenters. The highest BCUT2D eigenvalue weighted by Gasteiger charge is 2.24. The molecular formula is C25H27NSi. The Labute approximate surface area is 164 Å². The van der Waals surface area contributed by atoms with Crippen LogP contribution in [0, 0.1) is 26.2 Å². The van der Waals surface area contributed by atoms with Crippen molar-refractivity contribution in [1.29, 1.82) is 0 Å². The minimum Gasteiger partial charge on any atom is -0.309 e. The van der Waals surface area contributed by atoms with E-state index in [0.29, 0.717) is 0 Å². The minimum absolute atomic E-state index is 1.01. The first-order valence-corrected chi connectivity index (χ1v) is 12.8. The predicted molar refractivity (Wildman–Crippen MR) is 122 cm³/mol. The summed E-state index contributed by atoms with van der Waals surface area (Å²) in [6, 6.07) is 23.7. The smallest absolute Gasteiger partial charge is 0.0793 e. The second-order valence-corrected chi connectivity index (χ2v) is 13.1. The van der Waals surface area contributed by atoms with Crippen molar-refractivity contribution < 1.29 is 0 Å². The van der Waals surface area contributed by atoms with Gasteiger partial charge in [-0.1, -0.05) is 73.1 Å². The van der Waals surface area contributed by atoms with E-state index in [2.05, 4.69) is 111 Å². The Balaban J connectivity index is 2.27. The lowest BCUT2D eigenvalue weighted by atomic mass is 10.1. The third-order valence-corrected chi connectivity index (χ3v) is 6.85. The Morgan fingerprint density at radius 2 is 1.22 bits per heavy atom. The van der Waals surface area contributed by atoms with Gasteiger partial charge < -0.3 is 4.90 Å². The van der Waals surface area contributed by atoms with Crippen molar-refractivity contribution in [2.45, 2.75) is 33.5 Å². The predicted octanol–water partition coefficient (Wildman–Crippen LogP) is 6.30. The molecule has 0 aliphatic rings. The van der Waals surface area contributed by atoms with E-state index in [0.717, 1.165) is 22.6 Å². The molecule has 3 aromatic carbocycles. The summed E-state index contributed by atoms with van der Waals surface area (Å²) >= 11 is 0. The zero-order chi connectivity index (χ0) is 19.6. The van der Waals surface area contributed by atoms with Crippen molar-refractivity contribution in [3.05, 3.63) is 83.4 Å². The van der Waals surface area contributed by atoms with Crippen LogP contribution in [0.5, 0.6) is 0 Å². The first-order chi connectivity index (χ1) is 12.8. The van der Waals surface area contributed by atoms with E-state index in [9.17, 15) is 0 Å². The molecule has 0 bridgehead atoms. The Kier molecular flexibility index (Phi) is 5.26. The highest BCUT2D eigenvalue weighted by molar-refractivity contribution is 6.89. The molecule has 0 aliphatic carbocycles. The highest BCUT2D eigenvalue weighted by atomic mass is 28.3. The summed E-state index contributed by atoms with van der Waals surface area (Å²) in [5, 5.41) is 1.33. The largest absolute Gasteiger partial charge is 0.309 e. The molecule has 0 amide bonds. The van der Waals surface area contributed by atoms with Gasteiger partial charge >= 0.3 is 0 Å². The molecule has 0 saturated heterocycles. The second kappa shape index (κ2) is 7.46. The molecule has 3 aromatic rings. The fourth-order valence-electron chi connectivity index (χ4n) is 3.32. The van der Waals surface area contributed by atoms with Crippen molar-refractivity contribution in [3.8, 4) is 12.3 Å². The fraction of sp³-hybridized carbons (Fsp3) is 0.200. The number of terminal acetylenes is 1. The van der Waals surface area contributed by atoms with Crippen molar-refractivity contribution in [2.75, 3.05) is 4.90 Å². The molecule has 0 atom stereocenters. The van der Waals surface area contributed by atoms with E-state index in [1.54, 1.807) is 0 Å². The number of aryl methyl sites for hydroxylation is 2. The molecular weight excluding hydrogens is 342 g/mol. The molecule has 0 spiro atoms. The van der Waals surface area contributed by atoms with E-state index in [4.69, 9.17) is 6.42 Å². The number of anilines is 3. The first kappa shape index (κ1) is 19.0. The quantitative estimate of drug-likeness (QED) is 0.385. The topological polar surface area (TPSA) is 3.24 Å². The SMILES string of the molecule is C#Cc1c(N(c2ccc(C)cc2)c2ccc(C)cc2)cccc1[Si](C)(C)C. The average molecular weight is 370 g/mol. The van der Waals surface area contributed by atoms with Gasteiger partial charge in [0.15, 0.2) is 0 Å². The van der Waals surface area contributed by atoms with Crippen LogP contribution in [0.25, 0.3) is 0 Å². The Hall–Kier alpha value is -2.76. The van der Waals surface area contributed by atoms with Gasteiger partial charge in [-0.05, 0) is 49.4 Å². The van der Waals surface area contributed by atoms with Crippen LogP contribution in [0.2, 0.25) is 19.6 Å². The van der Waals surface area contributed by atoms with E-state index in [-0.39, 0.29) is 0 Å². The standard InChI is InChI=1S/C25H27NSi/c1-7-23-24(9-8-10-25(23)27(4,5)6)26(21-15-11-19(2)12-16-21)22-17-13-20(3)14-18-22/h1,8-18H,2-6H3. The van der Waals surface area contributed by atoms with Gasteiger partial charge in [0, 0.05) is 16.9 Å². The molecule has 0 N–H and O–H groups in total. The monoisotopic (exact) mass is 369 g/mol. The number of benzene rings is 3. The van der Waals surface area contributed by atoms with Crippen LogP contribution in [-0.4, -0.2) is 8.07 Å². The second-order valence-electron chi connectivity index (χ2n) is 8.10. The lowest BCUT2D eigenvalue weighted by molar-refractivity contribution is 1.26. The normalized spacial score (nSPS) is 11.1. The van der Waals surface area contributed by atoms with Crippen LogP contribution < -0.4 is 10.1 Å². The molecule has 0 heterocycles. The summed E-state index contributed by atoms with van der Waals surface area (Å²) in [5.41, 5.74) is 6.82. The highest BCUT2D eigenvalue weighted by Crippen LogP contribution is 2.36. The van der Waals surface area contributed by atoms with Gasteiger partial charge in [-0.25, -0.2) is 0 Å². The number of nitrogens with zero attached hydrogens (tertiary/aromatic N) is 1. The molecule has 2 heteroatoms. The first-order valence-electron chi connectivity index (χ1n) is 9.35. The summed E-state index contributed by atoms with van der Waals surface area (Å²) in [4.78, 5) is 2.28. The number of hydrogen-bond donors (Lipinski definition) is 0. The average Bonchev–Trinajstić information content (AvgIpc) is 2.64. The lowest BCUT2D eigenvalue weighted by Gasteiger charge is -2.29. The molecule has 1 nitrogen and oxygen atoms in total. The summed E-state index contributed by atoms with van der Waals surface area (Å²) < 4.78 is 0. The molecule has 0 aromatic heterocycles. The molecule has 136 valence electrons. The van der Waals surface area contributed by atoms with Crippen LogP contribution in [0.4, 0.5) is 17.1 Å². The molecule has 0 fully saturated rings. The molecule has 0 aliphatic heterocycles. The Morgan fingerprint density at radius 1 is 0.741 bits per heavy atom. The van der Waals surface area contributed by atoms with Crippen molar-refractivity contribution >= 4 is 30.3 Å². The maximum Gasteiger partial charge on any atom is 0.0793 e. The van der Waals surface area contributed by atoms with Gasteiger partial charge in [-0.2, -0.15) is 0 Å². The summed E-state index contributed by atoms with van der Waals surface area (Å²) in [7, 11) is -1.57. The van der Waals surface area contributed by atoms with Gasteiger partial charge in [0.2, 0.25) is 0 Å². The molecule has 27 heavy (non-hydrogen) atoms. The maximum absolute atomic E-state index is 6.04. The lowest BCUT2D eigenvalue weighted by Crippen LogP contribution is -2.40. The Bertz CT molecular complexity index is 925. The third-order valence-electron chi connectivity index (χ3n) is 4.82. The zero-order valence-corrected chi connectivity index (χ0v) is 17.9. The van der Waals surface area contributed by atoms with E-state index in [1.807, 2.05) is 0 Å². The fourth-order valence-corrected chi connectivity index (χ4v) is 4.86. The Morgan fingerprint density at radius 3 is 1.63 bits per heavy atom. The molecule has 0 saturated carbocycles. The summed E-state index contributed by atoms with van der Waals surface area (Å²) in [6.45, 7) is 11.2. The minimum atomic E-state index is -1.57. The zero-order valence-electron chi connectivity index (χ0n) is 16.9. The third kappa shape index (κ3) is 3.99. The molecule has 3 rings (SSSR count). The van der Waals surface area contributed by atoms with Gasteiger partial charge in [0.1, 0.15) is 0 Å². The maximum atomic E-state index is 6.04. The van der Waals surface area contributed by atoms with Crippen LogP contribution in [0.3, 0.4) is 0 Å². The van der Waals surface area contributed by atoms with Gasteiger partial charge in [-0.15, -0.1) is 6.42 Å². The van der Waals surface area contributed by atoms with Crippen molar-refractivity contribution in [1.82, 2.24) is 0 Å². The summed E-state index contributed by atoms with van der Waals surface area (Å²) in [5.74, 6) is 3.01. The molecule has 0 radical (unpaired) electrons. The summed E-state index contributed by atoms with van der Waals surface area (Å²) in [6.07, 6.45) is 6.04. The van der Waals surface area contributed by atoms with Gasteiger partial charge in [0.05, 0.1) is 13.8 Å². The van der Waals surface area contributed by atoms with E-state index >= 15 is 0 Å². The van der Waals surface area contributed by atoms with E-state index < -0.39 is 8.07 Å². The van der Waals surface area contributed by atoms with E-state index in [1.165, 1.54) is 16.3 Å². The van der Waals surface area contributed by atoms with Crippen LogP contribution in [0.1, 0.15) is 16.7 Å². The van der Waals surface area contributed by atoms with Crippen LogP contribution in [0.15, 0.2) is 66.7 Å². The van der Waals surface area contributed by atoms with Crippen molar-refractivity contribution in [2.24, 2.45) is 0 Å². The van der Waals surface area contributed by atoms with Crippen LogP contribution >= 0.6 is 0 Å². The van der Waals surface area contributed by atoms with Crippen molar-refractivity contribution in [3.63, 3.8) is 0 Å². The van der Waals surface area contributed by atoms with Crippen LogP contribution in [-0.2, 0) is 0 Å².